The second-order valence-electron chi connectivity index (χ2n) is 8.53. The molecular weight excluding hydrogens is 258 g/mol. The molecule has 4 saturated carbocycles. The summed E-state index contributed by atoms with van der Waals surface area (Å²) in [5, 5.41) is 0. The number of amides is 1. The molecular formula is C19H31NO. The largest absolute Gasteiger partial charge is 0.369 e. The predicted molar refractivity (Wildman–Crippen MR) is 84.4 cm³/mol. The number of hydrogen-bond donors (Lipinski definition) is 1. The van der Waals surface area contributed by atoms with Crippen molar-refractivity contribution in [2.75, 3.05) is 0 Å². The third-order valence-electron chi connectivity index (χ3n) is 7.80. The minimum atomic E-state index is -0.0356. The van der Waals surface area contributed by atoms with Crippen molar-refractivity contribution in [3.05, 3.63) is 0 Å². The Morgan fingerprint density at radius 2 is 1.29 bits per heavy atom. The Morgan fingerprint density at radius 1 is 0.667 bits per heavy atom. The quantitative estimate of drug-likeness (QED) is 0.775. The summed E-state index contributed by atoms with van der Waals surface area (Å²) < 4.78 is 0. The van der Waals surface area contributed by atoms with Crippen LogP contribution in [0.5, 0.6) is 0 Å². The van der Waals surface area contributed by atoms with Crippen LogP contribution in [0.1, 0.15) is 70.6 Å². The van der Waals surface area contributed by atoms with Crippen molar-refractivity contribution in [1.82, 2.24) is 0 Å². The molecule has 7 unspecified atom stereocenters. The lowest BCUT2D eigenvalue weighted by Gasteiger charge is -2.54. The van der Waals surface area contributed by atoms with Gasteiger partial charge in [0.1, 0.15) is 0 Å². The number of primary amides is 1. The summed E-state index contributed by atoms with van der Waals surface area (Å²) in [5.41, 5.74) is 5.57. The average molecular weight is 289 g/mol. The molecule has 2 N–H and O–H groups in total. The minimum absolute atomic E-state index is 0.0356. The van der Waals surface area contributed by atoms with Gasteiger partial charge in [0.2, 0.25) is 5.91 Å². The molecule has 2 heteroatoms. The summed E-state index contributed by atoms with van der Waals surface area (Å²) in [6, 6.07) is 0. The van der Waals surface area contributed by atoms with Crippen molar-refractivity contribution in [2.24, 2.45) is 47.2 Å². The second-order valence-corrected chi connectivity index (χ2v) is 8.53. The van der Waals surface area contributed by atoms with E-state index in [1.54, 1.807) is 0 Å². The molecule has 4 rings (SSSR count). The molecule has 4 aliphatic carbocycles. The lowest BCUT2D eigenvalue weighted by molar-refractivity contribution is -0.125. The van der Waals surface area contributed by atoms with Gasteiger partial charge in [0, 0.05) is 5.92 Å². The highest BCUT2D eigenvalue weighted by molar-refractivity contribution is 5.76. The van der Waals surface area contributed by atoms with Crippen molar-refractivity contribution >= 4 is 5.91 Å². The maximum atomic E-state index is 11.5. The van der Waals surface area contributed by atoms with E-state index in [1.165, 1.54) is 57.8 Å². The van der Waals surface area contributed by atoms with E-state index in [0.29, 0.717) is 0 Å². The number of fused-ring (bicyclic) bond motifs is 5. The van der Waals surface area contributed by atoms with Crippen LogP contribution in [0.25, 0.3) is 0 Å². The normalized spacial score (nSPS) is 49.6. The molecule has 0 aliphatic heterocycles. The first-order valence-corrected chi connectivity index (χ1v) is 9.53. The number of carbonyl (C=O) groups excluding carboxylic acids is 1. The van der Waals surface area contributed by atoms with Crippen LogP contribution < -0.4 is 5.73 Å². The minimum Gasteiger partial charge on any atom is -0.369 e. The second kappa shape index (κ2) is 5.59. The van der Waals surface area contributed by atoms with Crippen LogP contribution in [0.3, 0.4) is 0 Å². The molecule has 0 aromatic heterocycles. The predicted octanol–water partition coefficient (Wildman–Crippen LogP) is 4.13. The Bertz CT molecular complexity index is 406. The molecule has 21 heavy (non-hydrogen) atoms. The first-order valence-electron chi connectivity index (χ1n) is 9.53. The van der Waals surface area contributed by atoms with Gasteiger partial charge in [0.15, 0.2) is 0 Å². The van der Waals surface area contributed by atoms with Crippen LogP contribution >= 0.6 is 0 Å². The Labute approximate surface area is 129 Å². The Hall–Kier alpha value is -0.530. The highest BCUT2D eigenvalue weighted by atomic mass is 16.1. The number of rotatable bonds is 1. The van der Waals surface area contributed by atoms with Crippen LogP contribution in [-0.4, -0.2) is 5.91 Å². The molecule has 0 bridgehead atoms. The molecule has 0 aromatic rings. The third kappa shape index (κ3) is 2.43. The maximum absolute atomic E-state index is 11.5. The van der Waals surface area contributed by atoms with Crippen molar-refractivity contribution in [2.45, 2.75) is 70.6 Å². The lowest BCUT2D eigenvalue weighted by Crippen LogP contribution is -2.47. The third-order valence-corrected chi connectivity index (χ3v) is 7.80. The van der Waals surface area contributed by atoms with Gasteiger partial charge in [-0.15, -0.1) is 0 Å². The Morgan fingerprint density at radius 3 is 2.05 bits per heavy atom. The Kier molecular flexibility index (Phi) is 3.75. The first-order chi connectivity index (χ1) is 10.2. The molecule has 118 valence electrons. The van der Waals surface area contributed by atoms with Gasteiger partial charge in [-0.05, 0) is 86.9 Å². The van der Waals surface area contributed by atoms with Gasteiger partial charge < -0.3 is 5.73 Å². The molecule has 0 radical (unpaired) electrons. The number of hydrogen-bond acceptors (Lipinski definition) is 1. The van der Waals surface area contributed by atoms with E-state index in [0.717, 1.165) is 48.3 Å². The summed E-state index contributed by atoms with van der Waals surface area (Å²) in [6.45, 7) is 0. The monoisotopic (exact) mass is 289 g/mol. The topological polar surface area (TPSA) is 43.1 Å². The van der Waals surface area contributed by atoms with E-state index < -0.39 is 0 Å². The fourth-order valence-corrected chi connectivity index (χ4v) is 6.90. The molecule has 0 saturated heterocycles. The zero-order valence-corrected chi connectivity index (χ0v) is 13.3. The summed E-state index contributed by atoms with van der Waals surface area (Å²) in [6.07, 6.45) is 15.3. The molecule has 0 spiro atoms. The SMILES string of the molecule is NC(=O)C1CCC2C(CCC3C4CCCCC4CCC23)C1. The standard InChI is InChI=1S/C19H31NO/c20-19(21)14-7-8-16-13(11-14)6-10-17-15-4-2-1-3-12(15)5-9-18(16)17/h12-18H,1-11H2,(H2,20,21). The smallest absolute Gasteiger partial charge is 0.220 e. The summed E-state index contributed by atoms with van der Waals surface area (Å²) in [5.74, 6) is 6.07. The van der Waals surface area contributed by atoms with E-state index in [-0.39, 0.29) is 11.8 Å². The van der Waals surface area contributed by atoms with E-state index in [9.17, 15) is 4.79 Å². The van der Waals surface area contributed by atoms with Crippen LogP contribution in [0, 0.1) is 41.4 Å². The summed E-state index contributed by atoms with van der Waals surface area (Å²) in [7, 11) is 0. The van der Waals surface area contributed by atoms with Crippen molar-refractivity contribution in [3.63, 3.8) is 0 Å². The summed E-state index contributed by atoms with van der Waals surface area (Å²) >= 11 is 0. The molecule has 0 heterocycles. The fourth-order valence-electron chi connectivity index (χ4n) is 6.90. The van der Waals surface area contributed by atoms with Gasteiger partial charge in [0.05, 0.1) is 0 Å². The molecule has 7 atom stereocenters. The zero-order chi connectivity index (χ0) is 14.4. The van der Waals surface area contributed by atoms with Gasteiger partial charge >= 0.3 is 0 Å². The summed E-state index contributed by atoms with van der Waals surface area (Å²) in [4.78, 5) is 11.5. The fraction of sp³-hybridized carbons (Fsp3) is 0.947. The van der Waals surface area contributed by atoms with Crippen molar-refractivity contribution in [3.8, 4) is 0 Å². The number of nitrogens with two attached hydrogens (primary N) is 1. The van der Waals surface area contributed by atoms with Crippen LogP contribution in [0.2, 0.25) is 0 Å². The molecule has 4 fully saturated rings. The molecule has 1 amide bonds. The van der Waals surface area contributed by atoms with E-state index in [4.69, 9.17) is 5.73 Å². The van der Waals surface area contributed by atoms with E-state index >= 15 is 0 Å². The zero-order valence-electron chi connectivity index (χ0n) is 13.3. The first kappa shape index (κ1) is 14.1. The van der Waals surface area contributed by atoms with Gasteiger partial charge in [-0.25, -0.2) is 0 Å². The van der Waals surface area contributed by atoms with Crippen LogP contribution in [0.15, 0.2) is 0 Å². The van der Waals surface area contributed by atoms with Crippen LogP contribution in [-0.2, 0) is 4.79 Å². The van der Waals surface area contributed by atoms with Gasteiger partial charge in [0.25, 0.3) is 0 Å². The molecule has 2 nitrogen and oxygen atoms in total. The van der Waals surface area contributed by atoms with Gasteiger partial charge in [-0.2, -0.15) is 0 Å². The Balaban J connectivity index is 1.48. The van der Waals surface area contributed by atoms with Gasteiger partial charge in [-0.3, -0.25) is 4.79 Å². The van der Waals surface area contributed by atoms with Crippen molar-refractivity contribution in [1.29, 1.82) is 0 Å². The van der Waals surface area contributed by atoms with Crippen LogP contribution in [0.4, 0.5) is 0 Å². The highest BCUT2D eigenvalue weighted by Crippen LogP contribution is 2.57. The highest BCUT2D eigenvalue weighted by Gasteiger charge is 2.49. The molecule has 0 aromatic carbocycles. The van der Waals surface area contributed by atoms with E-state index in [2.05, 4.69) is 0 Å². The molecule has 4 aliphatic rings. The number of carbonyl (C=O) groups is 1. The van der Waals surface area contributed by atoms with E-state index in [1.807, 2.05) is 0 Å². The lowest BCUT2D eigenvalue weighted by atomic mass is 9.51. The average Bonchev–Trinajstić information content (AvgIpc) is 2.53. The maximum Gasteiger partial charge on any atom is 0.220 e. The van der Waals surface area contributed by atoms with Gasteiger partial charge in [-0.1, -0.05) is 19.3 Å². The van der Waals surface area contributed by atoms with Crippen molar-refractivity contribution < 1.29 is 4.79 Å².